The molecule has 0 saturated carbocycles. The summed E-state index contributed by atoms with van der Waals surface area (Å²) in [5, 5.41) is 3.55. The van der Waals surface area contributed by atoms with E-state index in [0.717, 1.165) is 59.6 Å². The molecule has 0 unspecified atom stereocenters. The number of nitrogens with zero attached hydrogens (tertiary/aromatic N) is 4. The summed E-state index contributed by atoms with van der Waals surface area (Å²) in [6.45, 7) is 6.65. The van der Waals surface area contributed by atoms with E-state index in [4.69, 9.17) is 19.9 Å². The van der Waals surface area contributed by atoms with Crippen LogP contribution in [0, 0.1) is 6.92 Å². The predicted octanol–water partition coefficient (Wildman–Crippen LogP) is 12.3. The number of aryl methyl sites for hydroxylation is 1. The van der Waals surface area contributed by atoms with Crippen LogP contribution in [0.4, 0.5) is 0 Å². The van der Waals surface area contributed by atoms with Crippen molar-refractivity contribution in [1.29, 1.82) is 0 Å². The molecule has 4 nitrogen and oxygen atoms in total. The van der Waals surface area contributed by atoms with Gasteiger partial charge in [-0.1, -0.05) is 140 Å². The van der Waals surface area contributed by atoms with E-state index in [1.54, 1.807) is 22.7 Å². The zero-order valence-corrected chi connectivity index (χ0v) is 29.4. The van der Waals surface area contributed by atoms with Crippen LogP contribution in [0.5, 0.6) is 0 Å². The van der Waals surface area contributed by atoms with Crippen LogP contribution in [0.25, 0.3) is 70.1 Å². The van der Waals surface area contributed by atoms with Crippen molar-refractivity contribution >= 4 is 64.3 Å². The maximum atomic E-state index is 5.36. The van der Waals surface area contributed by atoms with E-state index in [1.165, 1.54) is 20.3 Å². The molecule has 3 aromatic heterocycles. The topological polar surface area (TPSA) is 51.0 Å². The molecule has 51 heavy (non-hydrogen) atoms. The number of aromatic nitrogens is 3. The van der Waals surface area contributed by atoms with E-state index < -0.39 is 0 Å². The lowest BCUT2D eigenvalue weighted by molar-refractivity contribution is 1.08. The highest BCUT2D eigenvalue weighted by Crippen LogP contribution is 2.43. The van der Waals surface area contributed by atoms with Gasteiger partial charge in [-0.25, -0.2) is 19.9 Å². The van der Waals surface area contributed by atoms with E-state index in [0.29, 0.717) is 17.5 Å². The van der Waals surface area contributed by atoms with Crippen LogP contribution in [0.15, 0.2) is 163 Å². The summed E-state index contributed by atoms with van der Waals surface area (Å²) in [5.74, 6) is 1.94. The van der Waals surface area contributed by atoms with Crippen molar-refractivity contribution in [2.24, 2.45) is 4.99 Å². The van der Waals surface area contributed by atoms with Gasteiger partial charge in [-0.2, -0.15) is 0 Å². The Morgan fingerprint density at radius 2 is 1.12 bits per heavy atom. The molecule has 0 amide bonds. The van der Waals surface area contributed by atoms with Crippen LogP contribution in [-0.2, 0) is 0 Å². The molecule has 0 atom stereocenters. The van der Waals surface area contributed by atoms with Gasteiger partial charge in [-0.15, -0.1) is 22.7 Å². The zero-order valence-electron chi connectivity index (χ0n) is 27.7. The number of fused-ring (bicyclic) bond motifs is 4. The molecule has 0 aliphatic rings. The van der Waals surface area contributed by atoms with Gasteiger partial charge in [0, 0.05) is 47.1 Å². The minimum Gasteiger partial charge on any atom is -0.247 e. The van der Waals surface area contributed by atoms with E-state index in [-0.39, 0.29) is 0 Å². The number of hydrogen-bond acceptors (Lipinski definition) is 6. The second-order valence-corrected chi connectivity index (χ2v) is 14.4. The third kappa shape index (κ3) is 5.65. The van der Waals surface area contributed by atoms with E-state index in [9.17, 15) is 0 Å². The van der Waals surface area contributed by atoms with Gasteiger partial charge in [0.05, 0.1) is 16.3 Å². The minimum absolute atomic E-state index is 0.646. The normalized spacial score (nSPS) is 11.8. The van der Waals surface area contributed by atoms with Crippen molar-refractivity contribution < 1.29 is 0 Å². The van der Waals surface area contributed by atoms with Gasteiger partial charge in [0.2, 0.25) is 0 Å². The van der Waals surface area contributed by atoms with Crippen molar-refractivity contribution in [2.75, 3.05) is 0 Å². The smallest absolute Gasteiger partial charge is 0.165 e. The summed E-state index contributed by atoms with van der Waals surface area (Å²) < 4.78 is 3.54. The Bertz CT molecular complexity index is 2710. The highest BCUT2D eigenvalue weighted by molar-refractivity contribution is 7.26. The second kappa shape index (κ2) is 13.0. The molecule has 0 radical (unpaired) electrons. The fraction of sp³-hybridized carbons (Fsp3) is 0.0222. The van der Waals surface area contributed by atoms with Crippen LogP contribution in [0.2, 0.25) is 0 Å². The van der Waals surface area contributed by atoms with Crippen LogP contribution in [-0.4, -0.2) is 20.7 Å². The molecule has 0 bridgehead atoms. The summed E-state index contributed by atoms with van der Waals surface area (Å²) in [5.41, 5.74) is 7.82. The summed E-state index contributed by atoms with van der Waals surface area (Å²) in [4.78, 5) is 21.6. The first-order valence-electron chi connectivity index (χ1n) is 16.8. The van der Waals surface area contributed by atoms with Crippen molar-refractivity contribution in [3.05, 3.63) is 180 Å². The van der Waals surface area contributed by atoms with Crippen LogP contribution < -0.4 is 0 Å². The average molecular weight is 691 g/mol. The molecule has 0 aliphatic carbocycles. The molecule has 0 saturated heterocycles. The number of rotatable bonds is 7. The van der Waals surface area contributed by atoms with Gasteiger partial charge >= 0.3 is 0 Å². The third-order valence-corrected chi connectivity index (χ3v) is 11.6. The summed E-state index contributed by atoms with van der Waals surface area (Å²) >= 11 is 3.55. The molecule has 3 heterocycles. The Hall–Kier alpha value is -6.08. The highest BCUT2D eigenvalue weighted by Gasteiger charge is 2.22. The van der Waals surface area contributed by atoms with Crippen LogP contribution in [0.3, 0.4) is 0 Å². The minimum atomic E-state index is 0.646. The number of thiophene rings is 2. The Kier molecular flexibility index (Phi) is 7.88. The molecule has 6 heteroatoms. The first-order valence-corrected chi connectivity index (χ1v) is 18.4. The molecular weight excluding hydrogens is 661 g/mol. The summed E-state index contributed by atoms with van der Waals surface area (Å²) in [7, 11) is 0. The lowest BCUT2D eigenvalue weighted by Gasteiger charge is -2.11. The van der Waals surface area contributed by atoms with Crippen molar-refractivity contribution in [1.82, 2.24) is 15.0 Å². The third-order valence-electron chi connectivity index (χ3n) is 9.13. The van der Waals surface area contributed by atoms with Crippen LogP contribution >= 0.6 is 22.7 Å². The zero-order chi connectivity index (χ0) is 34.3. The Balaban J connectivity index is 1.28. The summed E-state index contributed by atoms with van der Waals surface area (Å²) in [6.07, 6.45) is 0. The molecule has 0 spiro atoms. The van der Waals surface area contributed by atoms with Gasteiger partial charge in [0.1, 0.15) is 0 Å². The maximum Gasteiger partial charge on any atom is 0.165 e. The van der Waals surface area contributed by atoms with Gasteiger partial charge in [-0.05, 0) is 41.6 Å². The van der Waals surface area contributed by atoms with Crippen molar-refractivity contribution in [3.63, 3.8) is 0 Å². The number of hydrogen-bond donors (Lipinski definition) is 0. The highest BCUT2D eigenvalue weighted by atomic mass is 32.1. The lowest BCUT2D eigenvalue weighted by atomic mass is 9.98. The van der Waals surface area contributed by atoms with Gasteiger partial charge in [-0.3, -0.25) is 0 Å². The Morgan fingerprint density at radius 1 is 0.549 bits per heavy atom. The van der Waals surface area contributed by atoms with Gasteiger partial charge in [0.25, 0.3) is 0 Å². The Labute approximate surface area is 303 Å². The predicted molar refractivity (Wildman–Crippen MR) is 217 cm³/mol. The average Bonchev–Trinajstić information content (AvgIpc) is 3.75. The monoisotopic (exact) mass is 690 g/mol. The Morgan fingerprint density at radius 3 is 1.80 bits per heavy atom. The molecule has 9 rings (SSSR count). The van der Waals surface area contributed by atoms with Crippen molar-refractivity contribution in [3.8, 4) is 34.2 Å². The molecule has 9 aromatic rings. The summed E-state index contributed by atoms with van der Waals surface area (Å²) in [6, 6.07) is 52.0. The fourth-order valence-corrected chi connectivity index (χ4v) is 9.06. The quantitative estimate of drug-likeness (QED) is 0.156. The molecule has 6 aromatic carbocycles. The molecule has 0 fully saturated rings. The van der Waals surface area contributed by atoms with E-state index in [1.807, 2.05) is 78.9 Å². The van der Waals surface area contributed by atoms with Gasteiger partial charge < -0.3 is 0 Å². The standard InChI is InChI=1S/C45H30N4S2/c1-28-33-22-12-13-26-37(33)50-41(28)40(46-29(2)30-16-6-3-7-17-30)34-23-15-27-38-39(34)35-24-14-25-36(42(35)51-38)45-48-43(31-18-8-4-9-19-31)47-44(49-45)32-20-10-5-11-21-32/h3-27H,2H2,1H3. The molecule has 0 N–H and O–H groups in total. The van der Waals surface area contributed by atoms with Crippen molar-refractivity contribution in [2.45, 2.75) is 6.92 Å². The SMILES string of the molecule is C=C(N=C(c1sc2ccccc2c1C)c1cccc2sc3c(-c4nc(-c5ccccc5)nc(-c5ccccc5)n4)cccc3c12)c1ccccc1. The first-order chi connectivity index (χ1) is 25.1. The molecule has 242 valence electrons. The lowest BCUT2D eigenvalue weighted by Crippen LogP contribution is -2.04. The maximum absolute atomic E-state index is 5.36. The molecule has 0 aliphatic heterocycles. The fourth-order valence-electron chi connectivity index (χ4n) is 6.61. The van der Waals surface area contributed by atoms with Gasteiger partial charge in [0.15, 0.2) is 17.5 Å². The molecular formula is C45H30N4S2. The number of benzene rings is 6. The largest absolute Gasteiger partial charge is 0.247 e. The van der Waals surface area contributed by atoms with Crippen LogP contribution in [0.1, 0.15) is 21.6 Å². The van der Waals surface area contributed by atoms with E-state index in [2.05, 4.69) is 86.3 Å². The van der Waals surface area contributed by atoms with E-state index >= 15 is 0 Å². The number of aliphatic imine (C=N–C) groups is 1. The first kappa shape index (κ1) is 30.9. The second-order valence-electron chi connectivity index (χ2n) is 12.3.